The predicted molar refractivity (Wildman–Crippen MR) is 63.8 cm³/mol. The summed E-state index contributed by atoms with van der Waals surface area (Å²) in [5.74, 6) is 0. The second kappa shape index (κ2) is 4.91. The zero-order valence-corrected chi connectivity index (χ0v) is 9.87. The van der Waals surface area contributed by atoms with Crippen LogP contribution in [0, 0.1) is 0 Å². The quantitative estimate of drug-likeness (QED) is 0.905. The molecule has 1 N–H and O–H groups in total. The van der Waals surface area contributed by atoms with Crippen LogP contribution in [0.15, 0.2) is 41.2 Å². The minimum absolute atomic E-state index is 0.416. The van der Waals surface area contributed by atoms with E-state index in [0.717, 1.165) is 11.1 Å². The van der Waals surface area contributed by atoms with Gasteiger partial charge in [-0.3, -0.25) is 0 Å². The molecular weight excluding hydrogens is 247 g/mol. The molecule has 0 saturated heterocycles. The van der Waals surface area contributed by atoms with Gasteiger partial charge in [0.2, 0.25) is 0 Å². The highest BCUT2D eigenvalue weighted by Crippen LogP contribution is 2.29. The molecule has 1 aromatic heterocycles. The van der Waals surface area contributed by atoms with Crippen molar-refractivity contribution in [1.82, 2.24) is 0 Å². The molecule has 0 fully saturated rings. The van der Waals surface area contributed by atoms with Crippen LogP contribution in [-0.4, -0.2) is 5.11 Å². The van der Waals surface area contributed by atoms with Gasteiger partial charge in [0.05, 0.1) is 28.7 Å². The molecule has 2 rings (SSSR count). The fraction of sp³-hybridized carbons (Fsp3) is 0.167. The lowest BCUT2D eigenvalue weighted by Crippen LogP contribution is -2.01. The Morgan fingerprint density at radius 2 is 2.06 bits per heavy atom. The van der Waals surface area contributed by atoms with Gasteiger partial charge in [-0.25, -0.2) is 0 Å². The topological polar surface area (TPSA) is 33.4 Å². The highest BCUT2D eigenvalue weighted by molar-refractivity contribution is 6.42. The minimum Gasteiger partial charge on any atom is -0.472 e. The van der Waals surface area contributed by atoms with E-state index in [9.17, 15) is 5.11 Å². The van der Waals surface area contributed by atoms with E-state index in [4.69, 9.17) is 27.6 Å². The molecule has 0 aliphatic carbocycles. The number of rotatable bonds is 3. The average Bonchev–Trinajstić information content (AvgIpc) is 2.78. The molecule has 0 radical (unpaired) electrons. The number of aliphatic hydroxyl groups excluding tert-OH is 1. The molecule has 2 nitrogen and oxygen atoms in total. The van der Waals surface area contributed by atoms with Crippen molar-refractivity contribution in [3.05, 3.63) is 58.0 Å². The molecule has 84 valence electrons. The second-order valence-electron chi connectivity index (χ2n) is 3.49. The van der Waals surface area contributed by atoms with Gasteiger partial charge >= 0.3 is 0 Å². The van der Waals surface area contributed by atoms with Gasteiger partial charge in [-0.15, -0.1) is 0 Å². The monoisotopic (exact) mass is 256 g/mol. The standard InChI is InChI=1S/C12H10Cl2O2/c13-10-3-1-2-8(12(10)14)6-11(15)9-4-5-16-7-9/h1-5,7,11,15H,6H2. The van der Waals surface area contributed by atoms with Gasteiger partial charge in [0, 0.05) is 12.0 Å². The predicted octanol–water partition coefficient (Wildman–Crippen LogP) is 3.86. The van der Waals surface area contributed by atoms with E-state index < -0.39 is 6.10 Å². The highest BCUT2D eigenvalue weighted by atomic mass is 35.5. The molecule has 4 heteroatoms. The van der Waals surface area contributed by atoms with Crippen molar-refractivity contribution in [2.24, 2.45) is 0 Å². The first-order chi connectivity index (χ1) is 7.68. The SMILES string of the molecule is OC(Cc1cccc(Cl)c1Cl)c1ccoc1. The van der Waals surface area contributed by atoms with E-state index in [1.165, 1.54) is 12.5 Å². The molecule has 2 aromatic rings. The summed E-state index contributed by atoms with van der Waals surface area (Å²) in [5, 5.41) is 10.9. The third kappa shape index (κ3) is 2.40. The molecule has 16 heavy (non-hydrogen) atoms. The van der Waals surface area contributed by atoms with Gasteiger partial charge in [0.25, 0.3) is 0 Å². The van der Waals surface area contributed by atoms with E-state index in [1.807, 2.05) is 12.1 Å². The summed E-state index contributed by atoms with van der Waals surface area (Å²) in [7, 11) is 0. The van der Waals surface area contributed by atoms with Crippen molar-refractivity contribution in [3.8, 4) is 0 Å². The van der Waals surface area contributed by atoms with Crippen LogP contribution in [0.5, 0.6) is 0 Å². The third-order valence-electron chi connectivity index (χ3n) is 2.37. The van der Waals surface area contributed by atoms with E-state index in [0.29, 0.717) is 16.5 Å². The van der Waals surface area contributed by atoms with Gasteiger partial charge in [-0.1, -0.05) is 35.3 Å². The van der Waals surface area contributed by atoms with Crippen LogP contribution in [-0.2, 0) is 6.42 Å². The molecule has 1 aromatic carbocycles. The second-order valence-corrected chi connectivity index (χ2v) is 4.27. The smallest absolute Gasteiger partial charge is 0.0960 e. The number of hydrogen-bond donors (Lipinski definition) is 1. The Morgan fingerprint density at radius 3 is 2.75 bits per heavy atom. The van der Waals surface area contributed by atoms with E-state index in [2.05, 4.69) is 0 Å². The highest BCUT2D eigenvalue weighted by Gasteiger charge is 2.13. The van der Waals surface area contributed by atoms with Crippen molar-refractivity contribution < 1.29 is 9.52 Å². The normalized spacial score (nSPS) is 12.7. The van der Waals surface area contributed by atoms with Crippen molar-refractivity contribution >= 4 is 23.2 Å². The molecule has 0 aliphatic heterocycles. The summed E-state index contributed by atoms with van der Waals surface area (Å²) >= 11 is 11.9. The van der Waals surface area contributed by atoms with Crippen LogP contribution in [0.2, 0.25) is 10.0 Å². The molecule has 0 saturated carbocycles. The number of benzene rings is 1. The molecule has 1 heterocycles. The lowest BCUT2D eigenvalue weighted by atomic mass is 10.0. The molecule has 0 spiro atoms. The maximum absolute atomic E-state index is 9.92. The van der Waals surface area contributed by atoms with Crippen LogP contribution in [0.4, 0.5) is 0 Å². The summed E-state index contributed by atoms with van der Waals surface area (Å²) < 4.78 is 4.91. The van der Waals surface area contributed by atoms with Crippen LogP contribution < -0.4 is 0 Å². The van der Waals surface area contributed by atoms with Crippen molar-refractivity contribution in [1.29, 1.82) is 0 Å². The van der Waals surface area contributed by atoms with Crippen LogP contribution in [0.3, 0.4) is 0 Å². The van der Waals surface area contributed by atoms with E-state index in [1.54, 1.807) is 12.1 Å². The summed E-state index contributed by atoms with van der Waals surface area (Å²) in [6, 6.07) is 7.10. The minimum atomic E-state index is -0.630. The van der Waals surface area contributed by atoms with Gasteiger partial charge in [0.15, 0.2) is 0 Å². The van der Waals surface area contributed by atoms with Crippen LogP contribution >= 0.6 is 23.2 Å². The Kier molecular flexibility index (Phi) is 3.54. The Balaban J connectivity index is 2.18. The van der Waals surface area contributed by atoms with Crippen molar-refractivity contribution in [3.63, 3.8) is 0 Å². The summed E-state index contributed by atoms with van der Waals surface area (Å²) in [6.07, 6.45) is 2.83. The third-order valence-corrected chi connectivity index (χ3v) is 3.23. The van der Waals surface area contributed by atoms with E-state index >= 15 is 0 Å². The van der Waals surface area contributed by atoms with Crippen molar-refractivity contribution in [2.45, 2.75) is 12.5 Å². The Bertz CT molecular complexity index is 466. The molecule has 1 atom stereocenters. The summed E-state index contributed by atoms with van der Waals surface area (Å²) in [6.45, 7) is 0. The molecule has 0 bridgehead atoms. The summed E-state index contributed by atoms with van der Waals surface area (Å²) in [4.78, 5) is 0. The number of hydrogen-bond acceptors (Lipinski definition) is 2. The lowest BCUT2D eigenvalue weighted by molar-refractivity contribution is 0.177. The van der Waals surface area contributed by atoms with Gasteiger partial charge in [-0.2, -0.15) is 0 Å². The first-order valence-corrected chi connectivity index (χ1v) is 5.57. The first kappa shape index (κ1) is 11.5. The van der Waals surface area contributed by atoms with E-state index in [-0.39, 0.29) is 0 Å². The van der Waals surface area contributed by atoms with Crippen LogP contribution in [0.1, 0.15) is 17.2 Å². The molecule has 0 aliphatic rings. The van der Waals surface area contributed by atoms with Crippen LogP contribution in [0.25, 0.3) is 0 Å². The zero-order chi connectivity index (χ0) is 11.5. The van der Waals surface area contributed by atoms with Gasteiger partial charge in [0.1, 0.15) is 0 Å². The Morgan fingerprint density at radius 1 is 1.25 bits per heavy atom. The Hall–Kier alpha value is -0.960. The number of halogens is 2. The summed E-state index contributed by atoms with van der Waals surface area (Å²) in [5.41, 5.74) is 1.55. The zero-order valence-electron chi connectivity index (χ0n) is 8.36. The first-order valence-electron chi connectivity index (χ1n) is 4.81. The number of furan rings is 1. The lowest BCUT2D eigenvalue weighted by Gasteiger charge is -2.10. The van der Waals surface area contributed by atoms with Gasteiger partial charge in [-0.05, 0) is 17.7 Å². The maximum Gasteiger partial charge on any atom is 0.0960 e. The van der Waals surface area contributed by atoms with Gasteiger partial charge < -0.3 is 9.52 Å². The number of aliphatic hydroxyl groups is 1. The Labute approximate surface area is 103 Å². The fourth-order valence-corrected chi connectivity index (χ4v) is 1.89. The average molecular weight is 257 g/mol. The molecule has 1 unspecified atom stereocenters. The maximum atomic E-state index is 9.92. The fourth-order valence-electron chi connectivity index (χ4n) is 1.50. The molecular formula is C12H10Cl2O2. The van der Waals surface area contributed by atoms with Crippen molar-refractivity contribution in [2.75, 3.05) is 0 Å². The largest absolute Gasteiger partial charge is 0.472 e. The molecule has 0 amide bonds.